The molecular weight excluding hydrogens is 378 g/mol. The molecule has 0 bridgehead atoms. The molecule has 3 rings (SSSR count). The molecule has 1 fully saturated rings. The van der Waals surface area contributed by atoms with Crippen molar-refractivity contribution in [3.8, 4) is 12.3 Å². The van der Waals surface area contributed by atoms with Gasteiger partial charge < -0.3 is 15.1 Å². The van der Waals surface area contributed by atoms with Gasteiger partial charge in [0.25, 0.3) is 0 Å². The molecule has 0 aliphatic carbocycles. The number of amides is 3. The summed E-state index contributed by atoms with van der Waals surface area (Å²) in [6.45, 7) is 0.659. The SMILES string of the molecule is C#Cc1cccc(NC(=O)CN(C)C(=O)/C=C/c2ccc(N3CCCC3=O)cc2)c1. The highest BCUT2D eigenvalue weighted by atomic mass is 16.2. The van der Waals surface area contributed by atoms with Crippen molar-refractivity contribution in [3.05, 3.63) is 65.7 Å². The monoisotopic (exact) mass is 401 g/mol. The predicted octanol–water partition coefficient (Wildman–Crippen LogP) is 2.91. The molecule has 152 valence electrons. The molecule has 2 aromatic carbocycles. The zero-order valence-electron chi connectivity index (χ0n) is 16.8. The highest BCUT2D eigenvalue weighted by Gasteiger charge is 2.21. The highest BCUT2D eigenvalue weighted by molar-refractivity contribution is 5.98. The van der Waals surface area contributed by atoms with E-state index in [0.717, 1.165) is 24.2 Å². The molecule has 0 saturated carbocycles. The van der Waals surface area contributed by atoms with Crippen molar-refractivity contribution < 1.29 is 14.4 Å². The molecule has 0 spiro atoms. The van der Waals surface area contributed by atoms with Gasteiger partial charge in [0, 0.05) is 43.0 Å². The first-order valence-electron chi connectivity index (χ1n) is 9.66. The average molecular weight is 401 g/mol. The molecule has 1 N–H and O–H groups in total. The van der Waals surface area contributed by atoms with Gasteiger partial charge in [-0.05, 0) is 48.4 Å². The zero-order valence-corrected chi connectivity index (χ0v) is 16.8. The van der Waals surface area contributed by atoms with Gasteiger partial charge in [-0.3, -0.25) is 14.4 Å². The minimum atomic E-state index is -0.312. The lowest BCUT2D eigenvalue weighted by atomic mass is 10.2. The Bertz CT molecular complexity index is 1020. The third kappa shape index (κ3) is 5.36. The maximum atomic E-state index is 12.3. The van der Waals surface area contributed by atoms with Crippen molar-refractivity contribution in [1.29, 1.82) is 0 Å². The summed E-state index contributed by atoms with van der Waals surface area (Å²) < 4.78 is 0. The summed E-state index contributed by atoms with van der Waals surface area (Å²) in [4.78, 5) is 39.4. The number of hydrogen-bond donors (Lipinski definition) is 1. The second-order valence-electron chi connectivity index (χ2n) is 7.04. The Labute approximate surface area is 176 Å². The number of terminal acetylenes is 1. The van der Waals surface area contributed by atoms with Crippen LogP contribution in [0.25, 0.3) is 6.08 Å². The van der Waals surface area contributed by atoms with E-state index in [9.17, 15) is 14.4 Å². The van der Waals surface area contributed by atoms with Gasteiger partial charge in [-0.15, -0.1) is 6.42 Å². The van der Waals surface area contributed by atoms with E-state index in [4.69, 9.17) is 6.42 Å². The number of nitrogens with one attached hydrogen (secondary N) is 1. The summed E-state index contributed by atoms with van der Waals surface area (Å²) >= 11 is 0. The molecule has 0 aromatic heterocycles. The summed E-state index contributed by atoms with van der Waals surface area (Å²) in [6.07, 6.45) is 9.93. The molecule has 0 unspecified atom stereocenters. The van der Waals surface area contributed by atoms with Gasteiger partial charge in [0.2, 0.25) is 17.7 Å². The maximum absolute atomic E-state index is 12.3. The Hall–Kier alpha value is -3.85. The molecule has 6 nitrogen and oxygen atoms in total. The molecule has 0 radical (unpaired) electrons. The third-order valence-electron chi connectivity index (χ3n) is 4.77. The first kappa shape index (κ1) is 20.9. The van der Waals surface area contributed by atoms with Gasteiger partial charge in [0.15, 0.2) is 0 Å². The van der Waals surface area contributed by atoms with Gasteiger partial charge >= 0.3 is 0 Å². The fourth-order valence-electron chi connectivity index (χ4n) is 3.16. The molecule has 6 heteroatoms. The standard InChI is InChI=1S/C24H23N3O3/c1-3-18-6-4-7-20(16-18)25-22(28)17-26(2)23(29)14-11-19-9-12-21(13-10-19)27-15-5-8-24(27)30/h1,4,6-7,9-14,16H,5,8,15,17H2,2H3,(H,25,28)/b14-11+. The van der Waals surface area contributed by atoms with Gasteiger partial charge in [-0.25, -0.2) is 0 Å². The molecule has 1 aliphatic rings. The van der Waals surface area contributed by atoms with E-state index in [1.807, 2.05) is 24.3 Å². The molecule has 30 heavy (non-hydrogen) atoms. The lowest BCUT2D eigenvalue weighted by Crippen LogP contribution is -2.33. The number of rotatable bonds is 6. The molecule has 1 heterocycles. The molecule has 1 aliphatic heterocycles. The van der Waals surface area contributed by atoms with Crippen LogP contribution in [0.3, 0.4) is 0 Å². The summed E-state index contributed by atoms with van der Waals surface area (Å²) in [5.41, 5.74) is 2.95. The number of carbonyl (C=O) groups is 3. The first-order valence-corrected chi connectivity index (χ1v) is 9.66. The molecule has 1 saturated heterocycles. The minimum absolute atomic E-state index is 0.0839. The number of nitrogens with zero attached hydrogens (tertiary/aromatic N) is 2. The van der Waals surface area contributed by atoms with Gasteiger partial charge in [-0.1, -0.05) is 24.1 Å². The quantitative estimate of drug-likeness (QED) is 0.598. The van der Waals surface area contributed by atoms with E-state index in [1.54, 1.807) is 42.3 Å². The molecule has 2 aromatic rings. The second-order valence-corrected chi connectivity index (χ2v) is 7.04. The van der Waals surface area contributed by atoms with Crippen LogP contribution in [0.15, 0.2) is 54.6 Å². The third-order valence-corrected chi connectivity index (χ3v) is 4.77. The van der Waals surface area contributed by atoms with Crippen LogP contribution in [-0.2, 0) is 14.4 Å². The predicted molar refractivity (Wildman–Crippen MR) is 118 cm³/mol. The summed E-state index contributed by atoms with van der Waals surface area (Å²) in [7, 11) is 1.56. The van der Waals surface area contributed by atoms with Gasteiger partial charge in [0.1, 0.15) is 0 Å². The van der Waals surface area contributed by atoms with E-state index in [2.05, 4.69) is 11.2 Å². The van der Waals surface area contributed by atoms with E-state index in [-0.39, 0.29) is 24.3 Å². The lowest BCUT2D eigenvalue weighted by molar-refractivity contribution is -0.129. The Morgan fingerprint density at radius 2 is 2.00 bits per heavy atom. The van der Waals surface area contributed by atoms with E-state index >= 15 is 0 Å². The van der Waals surface area contributed by atoms with Crippen molar-refractivity contribution >= 4 is 35.2 Å². The summed E-state index contributed by atoms with van der Waals surface area (Å²) in [5, 5.41) is 2.73. The highest BCUT2D eigenvalue weighted by Crippen LogP contribution is 2.21. The molecule has 0 atom stereocenters. The topological polar surface area (TPSA) is 69.7 Å². The van der Waals surface area contributed by atoms with Crippen molar-refractivity contribution in [1.82, 2.24) is 4.90 Å². The summed E-state index contributed by atoms with van der Waals surface area (Å²) in [6, 6.07) is 14.4. The Morgan fingerprint density at radius 1 is 1.23 bits per heavy atom. The van der Waals surface area contributed by atoms with Crippen LogP contribution in [0.4, 0.5) is 11.4 Å². The number of benzene rings is 2. The van der Waals surface area contributed by atoms with Crippen molar-refractivity contribution in [2.75, 3.05) is 30.4 Å². The number of hydrogen-bond acceptors (Lipinski definition) is 3. The van der Waals surface area contributed by atoms with Crippen molar-refractivity contribution in [3.63, 3.8) is 0 Å². The Morgan fingerprint density at radius 3 is 2.67 bits per heavy atom. The average Bonchev–Trinajstić information content (AvgIpc) is 3.18. The minimum Gasteiger partial charge on any atom is -0.333 e. The number of anilines is 2. The molecule has 3 amide bonds. The number of carbonyl (C=O) groups excluding carboxylic acids is 3. The van der Waals surface area contributed by atoms with Crippen LogP contribution in [0, 0.1) is 12.3 Å². The smallest absolute Gasteiger partial charge is 0.246 e. The van der Waals surface area contributed by atoms with E-state index < -0.39 is 0 Å². The fourth-order valence-corrected chi connectivity index (χ4v) is 3.16. The van der Waals surface area contributed by atoms with Crippen LogP contribution < -0.4 is 10.2 Å². The molecular formula is C24H23N3O3. The number of likely N-dealkylation sites (N-methyl/N-ethyl adjacent to an activating group) is 1. The van der Waals surface area contributed by atoms with Crippen LogP contribution in [-0.4, -0.2) is 42.8 Å². The van der Waals surface area contributed by atoms with Crippen LogP contribution in [0.2, 0.25) is 0 Å². The van der Waals surface area contributed by atoms with Crippen LogP contribution >= 0.6 is 0 Å². The van der Waals surface area contributed by atoms with Crippen LogP contribution in [0.1, 0.15) is 24.0 Å². The zero-order chi connectivity index (χ0) is 21.5. The van der Waals surface area contributed by atoms with Gasteiger partial charge in [-0.2, -0.15) is 0 Å². The normalized spacial score (nSPS) is 13.3. The van der Waals surface area contributed by atoms with E-state index in [1.165, 1.54) is 11.0 Å². The largest absolute Gasteiger partial charge is 0.333 e. The maximum Gasteiger partial charge on any atom is 0.246 e. The lowest BCUT2D eigenvalue weighted by Gasteiger charge is -2.16. The van der Waals surface area contributed by atoms with Gasteiger partial charge in [0.05, 0.1) is 6.54 Å². The van der Waals surface area contributed by atoms with Crippen LogP contribution in [0.5, 0.6) is 0 Å². The Balaban J connectivity index is 1.53. The van der Waals surface area contributed by atoms with Crippen molar-refractivity contribution in [2.45, 2.75) is 12.8 Å². The van der Waals surface area contributed by atoms with E-state index in [0.29, 0.717) is 17.7 Å². The van der Waals surface area contributed by atoms with Crippen molar-refractivity contribution in [2.24, 2.45) is 0 Å². The second kappa shape index (κ2) is 9.57. The summed E-state index contributed by atoms with van der Waals surface area (Å²) in [5.74, 6) is 2.04. The fraction of sp³-hybridized carbons (Fsp3) is 0.208. The first-order chi connectivity index (χ1) is 14.5. The Kier molecular flexibility index (Phi) is 6.66.